The number of nitrogens with one attached hydrogen (secondary N) is 1. The lowest BCUT2D eigenvalue weighted by atomic mass is 10.1. The molecule has 9 heteroatoms. The zero-order valence-corrected chi connectivity index (χ0v) is 23.1. The van der Waals surface area contributed by atoms with Gasteiger partial charge in [0.15, 0.2) is 0 Å². The summed E-state index contributed by atoms with van der Waals surface area (Å²) in [6, 6.07) is 21.8. The van der Waals surface area contributed by atoms with Crippen LogP contribution in [0.4, 0.5) is 5.95 Å². The molecule has 0 atom stereocenters. The van der Waals surface area contributed by atoms with Crippen molar-refractivity contribution in [2.24, 2.45) is 5.92 Å². The fourth-order valence-electron chi connectivity index (χ4n) is 4.13. The molecule has 0 saturated heterocycles. The molecule has 2 amide bonds. The van der Waals surface area contributed by atoms with Gasteiger partial charge in [0.2, 0.25) is 11.9 Å². The number of carbonyl (C=O) groups excluding carboxylic acids is 2. The van der Waals surface area contributed by atoms with Gasteiger partial charge in [0.05, 0.1) is 30.5 Å². The molecule has 1 heterocycles. The lowest BCUT2D eigenvalue weighted by Crippen LogP contribution is -2.40. The Hall–Kier alpha value is -4.30. The van der Waals surface area contributed by atoms with Crippen molar-refractivity contribution >= 4 is 29.4 Å². The van der Waals surface area contributed by atoms with Crippen molar-refractivity contribution in [1.82, 2.24) is 14.5 Å². The average Bonchev–Trinajstić information content (AvgIpc) is 3.36. The Bertz CT molecular complexity index is 1450. The zero-order valence-electron chi connectivity index (χ0n) is 22.3. The van der Waals surface area contributed by atoms with Gasteiger partial charge in [-0.25, -0.2) is 4.98 Å². The monoisotopic (exact) mass is 546 g/mol. The molecule has 0 fully saturated rings. The van der Waals surface area contributed by atoms with Crippen LogP contribution < -0.4 is 14.8 Å². The number of carbonyl (C=O) groups is 2. The van der Waals surface area contributed by atoms with Gasteiger partial charge in [-0.15, -0.1) is 0 Å². The number of hydrogen-bond acceptors (Lipinski definition) is 5. The highest BCUT2D eigenvalue weighted by Gasteiger charge is 2.23. The predicted octanol–water partition coefficient (Wildman–Crippen LogP) is 5.95. The van der Waals surface area contributed by atoms with Gasteiger partial charge in [0.25, 0.3) is 5.91 Å². The van der Waals surface area contributed by atoms with E-state index >= 15 is 0 Å². The summed E-state index contributed by atoms with van der Waals surface area (Å²) in [5.74, 6) is 1.18. The Morgan fingerprint density at radius 2 is 1.69 bits per heavy atom. The fraction of sp³-hybridized carbons (Fsp3) is 0.233. The largest absolute Gasteiger partial charge is 0.497 e. The molecule has 0 aliphatic carbocycles. The van der Waals surface area contributed by atoms with Crippen molar-refractivity contribution in [2.75, 3.05) is 32.6 Å². The van der Waals surface area contributed by atoms with Crippen LogP contribution >= 0.6 is 11.6 Å². The SMILES string of the molecule is COc1ccc(-n2cc(-c3cccc(OC)c3)nc2NC(=O)CN(CC(C)C)C(=O)c2ccccc2Cl)cc1. The molecule has 4 aromatic rings. The minimum Gasteiger partial charge on any atom is -0.497 e. The number of aromatic nitrogens is 2. The molecule has 0 aliphatic rings. The van der Waals surface area contributed by atoms with E-state index < -0.39 is 0 Å². The molecule has 0 spiro atoms. The standard InChI is InChI=1S/C30H31ClN4O4/c1-20(2)17-34(29(37)25-10-5-6-11-26(25)31)19-28(36)33-30-32-27(21-8-7-9-24(16-21)39-4)18-35(30)22-12-14-23(38-3)15-13-22/h5-16,18,20H,17,19H2,1-4H3,(H,32,33,36). The van der Waals surface area contributed by atoms with Crippen LogP contribution in [0.2, 0.25) is 5.02 Å². The summed E-state index contributed by atoms with van der Waals surface area (Å²) in [5, 5.41) is 3.25. The molecule has 202 valence electrons. The molecule has 1 aromatic heterocycles. The number of anilines is 1. The van der Waals surface area contributed by atoms with Crippen LogP contribution in [0.1, 0.15) is 24.2 Å². The first kappa shape index (κ1) is 27.7. The molecule has 0 unspecified atom stereocenters. The topological polar surface area (TPSA) is 85.7 Å². The van der Waals surface area contributed by atoms with Crippen molar-refractivity contribution in [3.8, 4) is 28.4 Å². The number of nitrogens with zero attached hydrogens (tertiary/aromatic N) is 3. The summed E-state index contributed by atoms with van der Waals surface area (Å²) in [6.07, 6.45) is 1.84. The van der Waals surface area contributed by atoms with Gasteiger partial charge in [-0.05, 0) is 54.4 Å². The predicted molar refractivity (Wildman–Crippen MR) is 153 cm³/mol. The molecule has 0 radical (unpaired) electrons. The van der Waals surface area contributed by atoms with Gasteiger partial charge in [-0.1, -0.05) is 49.7 Å². The number of halogens is 1. The number of rotatable bonds is 10. The van der Waals surface area contributed by atoms with Crippen LogP contribution in [0, 0.1) is 5.92 Å². The maximum absolute atomic E-state index is 13.3. The highest BCUT2D eigenvalue weighted by atomic mass is 35.5. The highest BCUT2D eigenvalue weighted by Crippen LogP contribution is 2.28. The first-order chi connectivity index (χ1) is 18.8. The van der Waals surface area contributed by atoms with E-state index in [1.54, 1.807) is 43.1 Å². The Morgan fingerprint density at radius 3 is 2.36 bits per heavy atom. The van der Waals surface area contributed by atoms with Gasteiger partial charge < -0.3 is 14.4 Å². The minimum absolute atomic E-state index is 0.144. The number of methoxy groups -OCH3 is 2. The normalized spacial score (nSPS) is 10.8. The summed E-state index contributed by atoms with van der Waals surface area (Å²) in [7, 11) is 3.21. The van der Waals surface area contributed by atoms with Gasteiger partial charge in [0, 0.05) is 24.0 Å². The van der Waals surface area contributed by atoms with E-state index in [2.05, 4.69) is 5.32 Å². The van der Waals surface area contributed by atoms with Crippen LogP contribution in [0.5, 0.6) is 11.5 Å². The third-order valence-electron chi connectivity index (χ3n) is 5.98. The number of imidazole rings is 1. The molecule has 0 bridgehead atoms. The molecule has 8 nitrogen and oxygen atoms in total. The Kier molecular flexibility index (Phi) is 8.88. The van der Waals surface area contributed by atoms with E-state index in [0.717, 1.165) is 11.3 Å². The van der Waals surface area contributed by atoms with Crippen LogP contribution in [0.15, 0.2) is 79.0 Å². The highest BCUT2D eigenvalue weighted by molar-refractivity contribution is 6.33. The third kappa shape index (κ3) is 6.78. The molecule has 3 aromatic carbocycles. The fourth-order valence-corrected chi connectivity index (χ4v) is 4.35. The van der Waals surface area contributed by atoms with Crippen LogP contribution in [0.25, 0.3) is 16.9 Å². The van der Waals surface area contributed by atoms with Gasteiger partial charge in [-0.2, -0.15) is 0 Å². The zero-order chi connectivity index (χ0) is 27.9. The molecular formula is C30H31ClN4O4. The summed E-state index contributed by atoms with van der Waals surface area (Å²) in [4.78, 5) is 32.9. The first-order valence-electron chi connectivity index (χ1n) is 12.5. The van der Waals surface area contributed by atoms with E-state index in [9.17, 15) is 9.59 Å². The summed E-state index contributed by atoms with van der Waals surface area (Å²) < 4.78 is 12.4. The lowest BCUT2D eigenvalue weighted by molar-refractivity contribution is -0.117. The molecule has 1 N–H and O–H groups in total. The Morgan fingerprint density at radius 1 is 0.974 bits per heavy atom. The summed E-state index contributed by atoms with van der Waals surface area (Å²) in [6.45, 7) is 4.20. The van der Waals surface area contributed by atoms with Crippen LogP contribution in [-0.4, -0.2) is 53.6 Å². The van der Waals surface area contributed by atoms with Crippen molar-refractivity contribution in [1.29, 1.82) is 0 Å². The van der Waals surface area contributed by atoms with E-state index in [1.807, 2.05) is 68.6 Å². The number of ether oxygens (including phenoxy) is 2. The van der Waals surface area contributed by atoms with E-state index in [-0.39, 0.29) is 24.3 Å². The average molecular weight is 547 g/mol. The van der Waals surface area contributed by atoms with Crippen molar-refractivity contribution in [3.05, 3.63) is 89.6 Å². The van der Waals surface area contributed by atoms with Gasteiger partial charge in [0.1, 0.15) is 18.0 Å². The first-order valence-corrected chi connectivity index (χ1v) is 12.9. The summed E-state index contributed by atoms with van der Waals surface area (Å²) >= 11 is 6.28. The second kappa shape index (κ2) is 12.5. The number of hydrogen-bond donors (Lipinski definition) is 1. The van der Waals surface area contributed by atoms with Crippen molar-refractivity contribution in [2.45, 2.75) is 13.8 Å². The Balaban J connectivity index is 1.65. The molecule has 4 rings (SSSR count). The second-order valence-corrected chi connectivity index (χ2v) is 9.76. The van der Waals surface area contributed by atoms with E-state index in [1.165, 1.54) is 4.90 Å². The summed E-state index contributed by atoms with van der Waals surface area (Å²) in [5.41, 5.74) is 2.60. The number of amides is 2. The van der Waals surface area contributed by atoms with Gasteiger partial charge in [-0.3, -0.25) is 19.5 Å². The van der Waals surface area contributed by atoms with Crippen LogP contribution in [0.3, 0.4) is 0 Å². The lowest BCUT2D eigenvalue weighted by Gasteiger charge is -2.24. The molecule has 0 aliphatic heterocycles. The van der Waals surface area contributed by atoms with Gasteiger partial charge >= 0.3 is 0 Å². The van der Waals surface area contributed by atoms with E-state index in [0.29, 0.717) is 40.3 Å². The van der Waals surface area contributed by atoms with Crippen LogP contribution in [-0.2, 0) is 4.79 Å². The molecular weight excluding hydrogens is 516 g/mol. The quantitative estimate of drug-likeness (QED) is 0.266. The third-order valence-corrected chi connectivity index (χ3v) is 6.31. The van der Waals surface area contributed by atoms with E-state index in [4.69, 9.17) is 26.1 Å². The maximum Gasteiger partial charge on any atom is 0.255 e. The smallest absolute Gasteiger partial charge is 0.255 e. The molecule has 39 heavy (non-hydrogen) atoms. The maximum atomic E-state index is 13.3. The molecule has 0 saturated carbocycles. The van der Waals surface area contributed by atoms with Crippen molar-refractivity contribution < 1.29 is 19.1 Å². The van der Waals surface area contributed by atoms with Crippen molar-refractivity contribution in [3.63, 3.8) is 0 Å². The number of benzene rings is 3. The second-order valence-electron chi connectivity index (χ2n) is 9.36. The Labute approximate surface area is 233 Å². The minimum atomic E-state index is -0.381.